The van der Waals surface area contributed by atoms with Crippen LogP contribution in [0.15, 0.2) is 53.4 Å². The summed E-state index contributed by atoms with van der Waals surface area (Å²) in [5.74, 6) is -0.716. The van der Waals surface area contributed by atoms with Crippen LogP contribution in [0.25, 0.3) is 0 Å². The van der Waals surface area contributed by atoms with E-state index < -0.39 is 21.9 Å². The van der Waals surface area contributed by atoms with Crippen LogP contribution in [0.2, 0.25) is 0 Å². The number of benzene rings is 2. The Kier molecular flexibility index (Phi) is 7.16. The molecule has 0 bridgehead atoms. The van der Waals surface area contributed by atoms with Gasteiger partial charge in [0.25, 0.3) is 0 Å². The van der Waals surface area contributed by atoms with Gasteiger partial charge in [-0.05, 0) is 36.8 Å². The molecule has 2 aromatic rings. The molecule has 0 spiro atoms. The summed E-state index contributed by atoms with van der Waals surface area (Å²) in [5, 5.41) is 0. The molecule has 1 fully saturated rings. The molecule has 0 aromatic heterocycles. The van der Waals surface area contributed by atoms with E-state index in [0.717, 1.165) is 23.3 Å². The molecule has 1 aliphatic rings. The molecule has 6 nitrogen and oxygen atoms in total. The largest absolute Gasteiger partial charge is 0.338 e. The fraction of sp³-hybridized carbons (Fsp3) is 0.316. The molecule has 3 rings (SSSR count). The van der Waals surface area contributed by atoms with Crippen LogP contribution in [0.5, 0.6) is 0 Å². The Morgan fingerprint density at radius 3 is 2.07 bits per heavy atom. The summed E-state index contributed by atoms with van der Waals surface area (Å²) in [6.07, 6.45) is 0. The van der Waals surface area contributed by atoms with Gasteiger partial charge in [-0.15, -0.1) is 12.4 Å². The van der Waals surface area contributed by atoms with Gasteiger partial charge in [0.2, 0.25) is 15.9 Å². The maximum Gasteiger partial charge on any atom is 0.244 e. The molecular weight excluding hydrogens is 405 g/mol. The predicted octanol–water partition coefficient (Wildman–Crippen LogP) is 2.09. The molecule has 152 valence electrons. The molecule has 1 saturated heterocycles. The lowest BCUT2D eigenvalue weighted by Crippen LogP contribution is -2.52. The van der Waals surface area contributed by atoms with Crippen LogP contribution < -0.4 is 5.73 Å². The fourth-order valence-electron chi connectivity index (χ4n) is 3.02. The lowest BCUT2D eigenvalue weighted by Gasteiger charge is -2.35. The topological polar surface area (TPSA) is 83.7 Å². The number of nitrogens with two attached hydrogens (primary N) is 1. The molecule has 9 heteroatoms. The highest BCUT2D eigenvalue weighted by Gasteiger charge is 2.32. The Hall–Kier alpha value is -2.00. The zero-order chi connectivity index (χ0) is 19.6. The van der Waals surface area contributed by atoms with Gasteiger partial charge in [0.1, 0.15) is 11.9 Å². The van der Waals surface area contributed by atoms with Crippen LogP contribution in [-0.4, -0.2) is 49.7 Å². The predicted molar refractivity (Wildman–Crippen MR) is 107 cm³/mol. The maximum absolute atomic E-state index is 13.0. The summed E-state index contributed by atoms with van der Waals surface area (Å²) >= 11 is 0. The Morgan fingerprint density at radius 2 is 1.54 bits per heavy atom. The molecule has 1 unspecified atom stereocenters. The quantitative estimate of drug-likeness (QED) is 0.809. The fourth-order valence-corrected chi connectivity index (χ4v) is 4.44. The number of carbonyl (C=O) groups excluding carboxylic acids is 1. The number of halogens is 2. The van der Waals surface area contributed by atoms with Crippen molar-refractivity contribution >= 4 is 28.3 Å². The van der Waals surface area contributed by atoms with Crippen molar-refractivity contribution in [1.29, 1.82) is 0 Å². The summed E-state index contributed by atoms with van der Waals surface area (Å²) in [7, 11) is -3.71. The van der Waals surface area contributed by atoms with Crippen molar-refractivity contribution in [1.82, 2.24) is 9.21 Å². The Bertz CT molecular complexity index is 912. The first-order chi connectivity index (χ1) is 12.8. The van der Waals surface area contributed by atoms with Crippen molar-refractivity contribution in [3.8, 4) is 0 Å². The van der Waals surface area contributed by atoms with Gasteiger partial charge in [-0.3, -0.25) is 4.79 Å². The van der Waals surface area contributed by atoms with Gasteiger partial charge >= 0.3 is 0 Å². The van der Waals surface area contributed by atoms with Crippen LogP contribution in [0.4, 0.5) is 4.39 Å². The van der Waals surface area contributed by atoms with Gasteiger partial charge in [-0.25, -0.2) is 12.8 Å². The normalized spacial score (nSPS) is 16.3. The molecule has 2 aromatic carbocycles. The minimum atomic E-state index is -3.71. The zero-order valence-electron chi connectivity index (χ0n) is 15.4. The van der Waals surface area contributed by atoms with E-state index >= 15 is 0 Å². The Morgan fingerprint density at radius 1 is 1.00 bits per heavy atom. The number of hydrogen-bond acceptors (Lipinski definition) is 4. The first-order valence-electron chi connectivity index (χ1n) is 8.66. The van der Waals surface area contributed by atoms with Crippen LogP contribution in [-0.2, 0) is 14.8 Å². The molecule has 0 aliphatic carbocycles. The first-order valence-corrected chi connectivity index (χ1v) is 10.1. The van der Waals surface area contributed by atoms with Gasteiger partial charge in [0.15, 0.2) is 0 Å². The summed E-state index contributed by atoms with van der Waals surface area (Å²) in [6, 6.07) is 11.4. The third-order valence-corrected chi connectivity index (χ3v) is 6.62. The number of aryl methyl sites for hydroxylation is 1. The SMILES string of the molecule is Cc1ccc(C(N)C(=O)N2CCN(S(=O)(=O)c3ccc(F)cc3)CC2)cc1.Cl. The second-order valence-corrected chi connectivity index (χ2v) is 8.51. The van der Waals surface area contributed by atoms with E-state index in [4.69, 9.17) is 5.73 Å². The van der Waals surface area contributed by atoms with Crippen LogP contribution in [0, 0.1) is 12.7 Å². The molecule has 28 heavy (non-hydrogen) atoms. The molecule has 1 heterocycles. The van der Waals surface area contributed by atoms with Crippen molar-refractivity contribution in [2.75, 3.05) is 26.2 Å². The smallest absolute Gasteiger partial charge is 0.244 e. The number of carbonyl (C=O) groups is 1. The second-order valence-electron chi connectivity index (χ2n) is 6.57. The van der Waals surface area contributed by atoms with Crippen LogP contribution >= 0.6 is 12.4 Å². The molecule has 0 saturated carbocycles. The summed E-state index contributed by atoms with van der Waals surface area (Å²) in [5.41, 5.74) is 7.90. The van der Waals surface area contributed by atoms with E-state index in [0.29, 0.717) is 0 Å². The van der Waals surface area contributed by atoms with E-state index in [-0.39, 0.29) is 49.4 Å². The van der Waals surface area contributed by atoms with Gasteiger partial charge in [0.05, 0.1) is 4.90 Å². The minimum Gasteiger partial charge on any atom is -0.338 e. The standard InChI is InChI=1S/C19H22FN3O3S.ClH/c1-14-2-4-15(5-3-14)18(21)19(24)22-10-12-23(13-11-22)27(25,26)17-8-6-16(20)7-9-17;/h2-9,18H,10-13,21H2,1H3;1H. The van der Waals surface area contributed by atoms with E-state index in [1.165, 1.54) is 16.4 Å². The summed E-state index contributed by atoms with van der Waals surface area (Å²) < 4.78 is 39.6. The minimum absolute atomic E-state index is 0. The Labute approximate surface area is 170 Å². The van der Waals surface area contributed by atoms with E-state index in [1.54, 1.807) is 4.90 Å². The van der Waals surface area contributed by atoms with E-state index in [1.807, 2.05) is 31.2 Å². The number of sulfonamides is 1. The van der Waals surface area contributed by atoms with Gasteiger partial charge in [-0.1, -0.05) is 29.8 Å². The summed E-state index contributed by atoms with van der Waals surface area (Å²) in [4.78, 5) is 14.3. The highest BCUT2D eigenvalue weighted by Crippen LogP contribution is 2.20. The number of piperazine rings is 1. The van der Waals surface area contributed by atoms with Crippen molar-refractivity contribution in [3.63, 3.8) is 0 Å². The lowest BCUT2D eigenvalue weighted by molar-refractivity contribution is -0.133. The van der Waals surface area contributed by atoms with Gasteiger partial charge < -0.3 is 10.6 Å². The second kappa shape index (κ2) is 9.00. The number of rotatable bonds is 4. The highest BCUT2D eigenvalue weighted by atomic mass is 35.5. The first kappa shape index (κ1) is 22.3. The number of hydrogen-bond donors (Lipinski definition) is 1. The third-order valence-electron chi connectivity index (χ3n) is 4.70. The Balaban J connectivity index is 0.00000280. The average Bonchev–Trinajstić information content (AvgIpc) is 2.68. The third kappa shape index (κ3) is 4.70. The molecule has 0 radical (unpaired) electrons. The average molecular weight is 428 g/mol. The summed E-state index contributed by atoms with van der Waals surface area (Å²) in [6.45, 7) is 2.83. The lowest BCUT2D eigenvalue weighted by atomic mass is 10.0. The number of amides is 1. The van der Waals surface area contributed by atoms with Crippen molar-refractivity contribution in [3.05, 3.63) is 65.5 Å². The molecule has 1 atom stereocenters. The molecule has 1 aliphatic heterocycles. The van der Waals surface area contributed by atoms with Crippen molar-refractivity contribution in [2.45, 2.75) is 17.9 Å². The number of nitrogens with zero attached hydrogens (tertiary/aromatic N) is 2. The molecule has 2 N–H and O–H groups in total. The van der Waals surface area contributed by atoms with E-state index in [9.17, 15) is 17.6 Å². The van der Waals surface area contributed by atoms with Crippen LogP contribution in [0.3, 0.4) is 0 Å². The molecular formula is C19H23ClFN3O3S. The van der Waals surface area contributed by atoms with Gasteiger partial charge in [0, 0.05) is 26.2 Å². The van der Waals surface area contributed by atoms with E-state index in [2.05, 4.69) is 0 Å². The van der Waals surface area contributed by atoms with Gasteiger partial charge in [-0.2, -0.15) is 4.31 Å². The molecule has 1 amide bonds. The van der Waals surface area contributed by atoms with Crippen molar-refractivity contribution in [2.24, 2.45) is 5.73 Å². The monoisotopic (exact) mass is 427 g/mol. The highest BCUT2D eigenvalue weighted by molar-refractivity contribution is 7.89. The zero-order valence-corrected chi connectivity index (χ0v) is 17.0. The maximum atomic E-state index is 13.0. The van der Waals surface area contributed by atoms with Crippen LogP contribution in [0.1, 0.15) is 17.2 Å². The van der Waals surface area contributed by atoms with Crippen molar-refractivity contribution < 1.29 is 17.6 Å².